The summed E-state index contributed by atoms with van der Waals surface area (Å²) in [6, 6.07) is 17.2. The first kappa shape index (κ1) is 14.8. The van der Waals surface area contributed by atoms with Gasteiger partial charge in [-0.1, -0.05) is 46.3 Å². The Morgan fingerprint density at radius 1 is 1.05 bits per heavy atom. The predicted molar refractivity (Wildman–Crippen MR) is 83.7 cm³/mol. The van der Waals surface area contributed by atoms with Gasteiger partial charge in [0.2, 0.25) is 0 Å². The molecule has 2 aromatic carbocycles. The maximum atomic E-state index is 12.3. The Labute approximate surface area is 127 Å². The number of hydrogen-bond acceptors (Lipinski definition) is 2. The molecule has 0 aliphatic heterocycles. The lowest BCUT2D eigenvalue weighted by atomic mass is 9.86. The van der Waals surface area contributed by atoms with Crippen LogP contribution in [0.15, 0.2) is 59.1 Å². The fourth-order valence-electron chi connectivity index (χ4n) is 1.92. The van der Waals surface area contributed by atoms with E-state index in [0.29, 0.717) is 12.2 Å². The molecule has 0 fully saturated rings. The van der Waals surface area contributed by atoms with Gasteiger partial charge in [0.15, 0.2) is 0 Å². The Kier molecular flexibility index (Phi) is 4.61. The predicted octanol–water partition coefficient (Wildman–Crippen LogP) is 4.62. The van der Waals surface area contributed by atoms with Crippen LogP contribution in [0.1, 0.15) is 19.4 Å². The Morgan fingerprint density at radius 3 is 2.25 bits per heavy atom. The summed E-state index contributed by atoms with van der Waals surface area (Å²) in [7, 11) is 0. The number of hydrogen-bond donors (Lipinski definition) is 0. The molecule has 0 unspecified atom stereocenters. The number of para-hydroxylation sites is 1. The molecule has 0 aliphatic rings. The Morgan fingerprint density at radius 2 is 1.65 bits per heavy atom. The zero-order valence-electron chi connectivity index (χ0n) is 11.6. The third kappa shape index (κ3) is 3.94. The van der Waals surface area contributed by atoms with Crippen LogP contribution < -0.4 is 4.74 Å². The van der Waals surface area contributed by atoms with E-state index in [4.69, 9.17) is 4.74 Å². The maximum absolute atomic E-state index is 12.3. The largest absolute Gasteiger partial charge is 0.426 e. The highest BCUT2D eigenvalue weighted by Gasteiger charge is 2.30. The van der Waals surface area contributed by atoms with Gasteiger partial charge in [-0.05, 0) is 50.1 Å². The highest BCUT2D eigenvalue weighted by atomic mass is 79.9. The highest BCUT2D eigenvalue weighted by molar-refractivity contribution is 9.10. The van der Waals surface area contributed by atoms with Crippen molar-refractivity contribution < 1.29 is 9.53 Å². The van der Waals surface area contributed by atoms with Crippen LogP contribution >= 0.6 is 15.9 Å². The number of carbonyl (C=O) groups is 1. The van der Waals surface area contributed by atoms with Crippen LogP contribution in [0.3, 0.4) is 0 Å². The second-order valence-corrected chi connectivity index (χ2v) is 6.31. The van der Waals surface area contributed by atoms with Crippen LogP contribution in [0, 0.1) is 5.41 Å². The molecule has 0 bridgehead atoms. The molecule has 2 aromatic rings. The van der Waals surface area contributed by atoms with Crippen molar-refractivity contribution in [1.82, 2.24) is 0 Å². The van der Waals surface area contributed by atoms with Gasteiger partial charge in [-0.2, -0.15) is 0 Å². The summed E-state index contributed by atoms with van der Waals surface area (Å²) in [6.45, 7) is 3.81. The molecule has 0 heterocycles. The van der Waals surface area contributed by atoms with E-state index in [1.165, 1.54) is 0 Å². The van der Waals surface area contributed by atoms with Crippen molar-refractivity contribution in [3.05, 3.63) is 64.6 Å². The van der Waals surface area contributed by atoms with E-state index in [2.05, 4.69) is 15.9 Å². The molecule has 20 heavy (non-hydrogen) atoms. The molecule has 3 heteroatoms. The lowest BCUT2D eigenvalue weighted by Gasteiger charge is -2.22. The van der Waals surface area contributed by atoms with E-state index in [-0.39, 0.29) is 5.97 Å². The molecule has 0 saturated heterocycles. The Balaban J connectivity index is 2.05. The van der Waals surface area contributed by atoms with Crippen LogP contribution in [0.5, 0.6) is 5.75 Å². The molecule has 0 amide bonds. The Hall–Kier alpha value is -1.61. The summed E-state index contributed by atoms with van der Waals surface area (Å²) in [4.78, 5) is 12.3. The van der Waals surface area contributed by atoms with Gasteiger partial charge in [0, 0.05) is 4.47 Å². The van der Waals surface area contributed by atoms with Crippen molar-refractivity contribution in [2.75, 3.05) is 0 Å². The van der Waals surface area contributed by atoms with Crippen molar-refractivity contribution in [3.63, 3.8) is 0 Å². The zero-order valence-corrected chi connectivity index (χ0v) is 13.2. The first-order valence-electron chi connectivity index (χ1n) is 6.49. The summed E-state index contributed by atoms with van der Waals surface area (Å²) < 4.78 is 6.46. The smallest absolute Gasteiger partial charge is 0.317 e. The molecular weight excluding hydrogens is 316 g/mol. The average molecular weight is 333 g/mol. The summed E-state index contributed by atoms with van der Waals surface area (Å²) in [5, 5.41) is 0. The minimum atomic E-state index is -0.566. The molecule has 0 aliphatic carbocycles. The van der Waals surface area contributed by atoms with Gasteiger partial charge in [-0.25, -0.2) is 0 Å². The van der Waals surface area contributed by atoms with E-state index >= 15 is 0 Å². The molecule has 0 spiro atoms. The van der Waals surface area contributed by atoms with Crippen LogP contribution in [0.4, 0.5) is 0 Å². The van der Waals surface area contributed by atoms with E-state index in [0.717, 1.165) is 10.0 Å². The summed E-state index contributed by atoms with van der Waals surface area (Å²) in [5.41, 5.74) is 0.548. The number of benzene rings is 2. The summed E-state index contributed by atoms with van der Waals surface area (Å²) in [6.07, 6.45) is 0.645. The minimum absolute atomic E-state index is 0.216. The van der Waals surface area contributed by atoms with Crippen LogP contribution in [-0.2, 0) is 11.2 Å². The molecule has 0 saturated carbocycles. The summed E-state index contributed by atoms with van der Waals surface area (Å²) in [5.74, 6) is 0.369. The van der Waals surface area contributed by atoms with E-state index in [1.54, 1.807) is 12.1 Å². The van der Waals surface area contributed by atoms with Crippen LogP contribution in [0.2, 0.25) is 0 Å². The summed E-state index contributed by atoms with van der Waals surface area (Å²) >= 11 is 3.41. The molecule has 2 rings (SSSR count). The van der Waals surface area contributed by atoms with Gasteiger partial charge in [-0.3, -0.25) is 4.79 Å². The number of halogens is 1. The van der Waals surface area contributed by atoms with Gasteiger partial charge in [0.25, 0.3) is 0 Å². The van der Waals surface area contributed by atoms with Gasteiger partial charge in [-0.15, -0.1) is 0 Å². The quantitative estimate of drug-likeness (QED) is 0.603. The van der Waals surface area contributed by atoms with Gasteiger partial charge in [0.1, 0.15) is 5.75 Å². The number of esters is 1. The van der Waals surface area contributed by atoms with Crippen molar-refractivity contribution in [2.24, 2.45) is 5.41 Å². The van der Waals surface area contributed by atoms with Crippen molar-refractivity contribution >= 4 is 21.9 Å². The maximum Gasteiger partial charge on any atom is 0.317 e. The average Bonchev–Trinajstić information content (AvgIpc) is 2.42. The van der Waals surface area contributed by atoms with Gasteiger partial charge in [0.05, 0.1) is 5.41 Å². The first-order chi connectivity index (χ1) is 9.47. The van der Waals surface area contributed by atoms with Crippen LogP contribution in [0.25, 0.3) is 0 Å². The lowest BCUT2D eigenvalue weighted by molar-refractivity contribution is -0.143. The topological polar surface area (TPSA) is 26.3 Å². The van der Waals surface area contributed by atoms with Crippen molar-refractivity contribution in [1.29, 1.82) is 0 Å². The third-order valence-electron chi connectivity index (χ3n) is 3.07. The van der Waals surface area contributed by atoms with Gasteiger partial charge < -0.3 is 4.74 Å². The molecule has 104 valence electrons. The standard InChI is InChI=1S/C17H17BrO2/c1-17(2,12-13-8-10-14(18)11-9-13)16(19)20-15-6-4-3-5-7-15/h3-11H,12H2,1-2H3. The minimum Gasteiger partial charge on any atom is -0.426 e. The second-order valence-electron chi connectivity index (χ2n) is 5.39. The molecule has 0 aromatic heterocycles. The SMILES string of the molecule is CC(C)(Cc1ccc(Br)cc1)C(=O)Oc1ccccc1. The number of carbonyl (C=O) groups excluding carboxylic acids is 1. The van der Waals surface area contributed by atoms with Crippen molar-refractivity contribution in [3.8, 4) is 5.75 Å². The molecule has 0 atom stereocenters. The molecular formula is C17H17BrO2. The molecule has 2 nitrogen and oxygen atoms in total. The lowest BCUT2D eigenvalue weighted by Crippen LogP contribution is -2.31. The fraction of sp³-hybridized carbons (Fsp3) is 0.235. The van der Waals surface area contributed by atoms with Crippen LogP contribution in [-0.4, -0.2) is 5.97 Å². The molecule has 0 N–H and O–H groups in total. The first-order valence-corrected chi connectivity index (χ1v) is 7.28. The normalized spacial score (nSPS) is 11.2. The van der Waals surface area contributed by atoms with Crippen molar-refractivity contribution in [2.45, 2.75) is 20.3 Å². The second kappa shape index (κ2) is 6.23. The zero-order chi connectivity index (χ0) is 14.6. The Bertz CT molecular complexity index is 574. The van der Waals surface area contributed by atoms with Gasteiger partial charge >= 0.3 is 5.97 Å². The van der Waals surface area contributed by atoms with E-state index in [1.807, 2.05) is 56.3 Å². The number of rotatable bonds is 4. The van der Waals surface area contributed by atoms with E-state index in [9.17, 15) is 4.79 Å². The fourth-order valence-corrected chi connectivity index (χ4v) is 2.18. The highest BCUT2D eigenvalue weighted by Crippen LogP contribution is 2.25. The number of ether oxygens (including phenoxy) is 1. The third-order valence-corrected chi connectivity index (χ3v) is 3.59. The molecule has 0 radical (unpaired) electrons. The van der Waals surface area contributed by atoms with E-state index < -0.39 is 5.41 Å². The monoisotopic (exact) mass is 332 g/mol.